The normalized spacial score (nSPS) is 21.0. The molecule has 0 spiro atoms. The van der Waals surface area contributed by atoms with Gasteiger partial charge in [-0.1, -0.05) is 6.92 Å². The Morgan fingerprint density at radius 2 is 2.25 bits per heavy atom. The van der Waals surface area contributed by atoms with Crippen molar-refractivity contribution in [1.29, 1.82) is 0 Å². The monoisotopic (exact) mass is 303 g/mol. The van der Waals surface area contributed by atoms with Gasteiger partial charge in [-0.25, -0.2) is 0 Å². The summed E-state index contributed by atoms with van der Waals surface area (Å²) in [5.74, 6) is -0.178. The standard InChI is InChI=1S/C13H25N3O3S/c1-10(20-3)6-13(18)16-4-5-19-11(8-16)7-15(2)9-12(14)17/h10-11H,4-9H2,1-3H3,(H2,14,17)/t10-,11+/m0/s1. The number of nitrogens with zero attached hydrogens (tertiary/aromatic N) is 2. The zero-order valence-electron chi connectivity index (χ0n) is 12.5. The predicted octanol–water partition coefficient (Wildman–Crippen LogP) is -0.227. The third kappa shape index (κ3) is 6.11. The molecule has 0 aromatic carbocycles. The molecule has 1 fully saturated rings. The number of rotatable bonds is 7. The number of hydrogen-bond acceptors (Lipinski definition) is 5. The Morgan fingerprint density at radius 3 is 2.85 bits per heavy atom. The van der Waals surface area contributed by atoms with E-state index in [1.165, 1.54) is 0 Å². The van der Waals surface area contributed by atoms with Crippen molar-refractivity contribution in [2.45, 2.75) is 24.7 Å². The second-order valence-electron chi connectivity index (χ2n) is 5.25. The fourth-order valence-corrected chi connectivity index (χ4v) is 2.50. The Hall–Kier alpha value is -0.790. The van der Waals surface area contributed by atoms with Crippen molar-refractivity contribution in [1.82, 2.24) is 9.80 Å². The van der Waals surface area contributed by atoms with Crippen LogP contribution >= 0.6 is 11.8 Å². The summed E-state index contributed by atoms with van der Waals surface area (Å²) in [4.78, 5) is 26.7. The van der Waals surface area contributed by atoms with Gasteiger partial charge in [0, 0.05) is 31.3 Å². The minimum atomic E-state index is -0.356. The molecule has 0 bridgehead atoms. The second-order valence-corrected chi connectivity index (χ2v) is 6.52. The molecule has 116 valence electrons. The highest BCUT2D eigenvalue weighted by atomic mass is 32.2. The Labute approximate surface area is 125 Å². The maximum Gasteiger partial charge on any atom is 0.231 e. The smallest absolute Gasteiger partial charge is 0.231 e. The van der Waals surface area contributed by atoms with Crippen molar-refractivity contribution in [2.24, 2.45) is 5.73 Å². The Morgan fingerprint density at radius 1 is 1.55 bits per heavy atom. The molecular formula is C13H25N3O3S. The predicted molar refractivity (Wildman–Crippen MR) is 80.6 cm³/mol. The van der Waals surface area contributed by atoms with Crippen molar-refractivity contribution in [3.63, 3.8) is 0 Å². The first kappa shape index (κ1) is 17.3. The van der Waals surface area contributed by atoms with Gasteiger partial charge in [0.05, 0.1) is 19.3 Å². The molecule has 0 radical (unpaired) electrons. The molecule has 6 nitrogen and oxygen atoms in total. The van der Waals surface area contributed by atoms with Gasteiger partial charge in [0.1, 0.15) is 0 Å². The third-order valence-corrected chi connectivity index (χ3v) is 4.27. The lowest BCUT2D eigenvalue weighted by Gasteiger charge is -2.35. The fraction of sp³-hybridized carbons (Fsp3) is 0.846. The number of nitrogens with two attached hydrogens (primary N) is 1. The van der Waals surface area contributed by atoms with Gasteiger partial charge < -0.3 is 15.4 Å². The summed E-state index contributed by atoms with van der Waals surface area (Å²) in [7, 11) is 1.82. The number of likely N-dealkylation sites (N-methyl/N-ethyl adjacent to an activating group) is 1. The number of carbonyl (C=O) groups excluding carboxylic acids is 2. The number of primary amides is 1. The van der Waals surface area contributed by atoms with Crippen LogP contribution in [0.3, 0.4) is 0 Å². The zero-order chi connectivity index (χ0) is 15.1. The van der Waals surface area contributed by atoms with E-state index in [0.717, 1.165) is 0 Å². The minimum absolute atomic E-state index is 0.0540. The van der Waals surface area contributed by atoms with Gasteiger partial charge in [-0.05, 0) is 13.3 Å². The van der Waals surface area contributed by atoms with E-state index in [1.54, 1.807) is 11.8 Å². The van der Waals surface area contributed by atoms with E-state index >= 15 is 0 Å². The lowest BCUT2D eigenvalue weighted by atomic mass is 10.2. The maximum absolute atomic E-state index is 12.1. The van der Waals surface area contributed by atoms with Crippen LogP contribution in [0.2, 0.25) is 0 Å². The number of amides is 2. The first-order valence-electron chi connectivity index (χ1n) is 6.81. The van der Waals surface area contributed by atoms with Crippen LogP contribution in [0.15, 0.2) is 0 Å². The molecule has 1 rings (SSSR count). The van der Waals surface area contributed by atoms with Gasteiger partial charge in [0.2, 0.25) is 11.8 Å². The van der Waals surface area contributed by atoms with E-state index in [-0.39, 0.29) is 24.5 Å². The Kier molecular flexibility index (Phi) is 7.32. The van der Waals surface area contributed by atoms with E-state index in [4.69, 9.17) is 10.5 Å². The van der Waals surface area contributed by atoms with Crippen LogP contribution in [0.1, 0.15) is 13.3 Å². The maximum atomic E-state index is 12.1. The third-order valence-electron chi connectivity index (χ3n) is 3.30. The van der Waals surface area contributed by atoms with Crippen LogP contribution in [-0.2, 0) is 14.3 Å². The van der Waals surface area contributed by atoms with Crippen LogP contribution in [0.25, 0.3) is 0 Å². The van der Waals surface area contributed by atoms with Gasteiger partial charge in [-0.2, -0.15) is 11.8 Å². The van der Waals surface area contributed by atoms with Crippen LogP contribution in [0, 0.1) is 0 Å². The molecular weight excluding hydrogens is 278 g/mol. The lowest BCUT2D eigenvalue weighted by molar-refractivity contribution is -0.139. The van der Waals surface area contributed by atoms with Crippen molar-refractivity contribution < 1.29 is 14.3 Å². The number of morpholine rings is 1. The highest BCUT2D eigenvalue weighted by Gasteiger charge is 2.25. The molecule has 0 aliphatic carbocycles. The first-order chi connectivity index (χ1) is 9.42. The van der Waals surface area contributed by atoms with Crippen molar-refractivity contribution in [3.05, 3.63) is 0 Å². The number of hydrogen-bond donors (Lipinski definition) is 1. The van der Waals surface area contributed by atoms with Crippen LogP contribution in [-0.4, -0.2) is 79.1 Å². The van der Waals surface area contributed by atoms with Gasteiger partial charge in [-0.15, -0.1) is 0 Å². The van der Waals surface area contributed by atoms with Gasteiger partial charge in [0.25, 0.3) is 0 Å². The molecule has 2 N–H and O–H groups in total. The second kappa shape index (κ2) is 8.49. The summed E-state index contributed by atoms with van der Waals surface area (Å²) in [6.45, 7) is 4.65. The van der Waals surface area contributed by atoms with Crippen molar-refractivity contribution >= 4 is 23.6 Å². The molecule has 20 heavy (non-hydrogen) atoms. The number of ether oxygens (including phenoxy) is 1. The first-order valence-corrected chi connectivity index (χ1v) is 8.10. The summed E-state index contributed by atoms with van der Waals surface area (Å²) in [6.07, 6.45) is 2.52. The molecule has 1 aliphatic rings. The highest BCUT2D eigenvalue weighted by molar-refractivity contribution is 7.99. The van der Waals surface area contributed by atoms with E-state index in [9.17, 15) is 9.59 Å². The van der Waals surface area contributed by atoms with Gasteiger partial charge in [-0.3, -0.25) is 14.5 Å². The highest BCUT2D eigenvalue weighted by Crippen LogP contribution is 2.14. The topological polar surface area (TPSA) is 75.9 Å². The summed E-state index contributed by atoms with van der Waals surface area (Å²) in [5.41, 5.74) is 5.16. The van der Waals surface area contributed by atoms with E-state index in [0.29, 0.717) is 37.9 Å². The Balaban J connectivity index is 2.41. The molecule has 1 heterocycles. The lowest BCUT2D eigenvalue weighted by Crippen LogP contribution is -2.50. The summed E-state index contributed by atoms with van der Waals surface area (Å²) >= 11 is 1.70. The molecule has 0 aromatic heterocycles. The van der Waals surface area contributed by atoms with Crippen molar-refractivity contribution in [2.75, 3.05) is 46.1 Å². The fourth-order valence-electron chi connectivity index (χ4n) is 2.19. The summed E-state index contributed by atoms with van der Waals surface area (Å²) in [5, 5.41) is 0.335. The minimum Gasteiger partial charge on any atom is -0.373 e. The van der Waals surface area contributed by atoms with Crippen LogP contribution in [0.5, 0.6) is 0 Å². The van der Waals surface area contributed by atoms with E-state index in [1.807, 2.05) is 23.1 Å². The molecule has 1 aliphatic heterocycles. The van der Waals surface area contributed by atoms with Crippen LogP contribution in [0.4, 0.5) is 0 Å². The average Bonchev–Trinajstić information content (AvgIpc) is 2.37. The molecule has 7 heteroatoms. The number of thioether (sulfide) groups is 1. The van der Waals surface area contributed by atoms with Crippen LogP contribution < -0.4 is 5.73 Å². The summed E-state index contributed by atoms with van der Waals surface area (Å²) < 4.78 is 5.65. The Bertz CT molecular complexity index is 341. The molecule has 2 amide bonds. The average molecular weight is 303 g/mol. The SMILES string of the molecule is CS[C@@H](C)CC(=O)N1CCO[C@H](CN(C)CC(N)=O)C1. The van der Waals surface area contributed by atoms with E-state index < -0.39 is 0 Å². The zero-order valence-corrected chi connectivity index (χ0v) is 13.3. The van der Waals surface area contributed by atoms with Gasteiger partial charge >= 0.3 is 0 Å². The van der Waals surface area contributed by atoms with E-state index in [2.05, 4.69) is 6.92 Å². The largest absolute Gasteiger partial charge is 0.373 e. The molecule has 2 atom stereocenters. The summed E-state index contributed by atoms with van der Waals surface area (Å²) in [6, 6.07) is 0. The van der Waals surface area contributed by atoms with Crippen molar-refractivity contribution in [3.8, 4) is 0 Å². The van der Waals surface area contributed by atoms with Gasteiger partial charge in [0.15, 0.2) is 0 Å². The molecule has 1 saturated heterocycles. The molecule has 0 unspecified atom stereocenters. The molecule has 0 saturated carbocycles. The molecule has 0 aromatic rings. The number of carbonyl (C=O) groups is 2. The quantitative estimate of drug-likeness (QED) is 0.703.